The SMILES string of the molecule is Cc1ccccc1C(=O)NC(=NCc1ccncc1)Nc1ccc(F)c(Cl)c1. The van der Waals surface area contributed by atoms with E-state index in [2.05, 4.69) is 20.6 Å². The van der Waals surface area contributed by atoms with Crippen molar-refractivity contribution in [3.8, 4) is 0 Å². The number of carbonyl (C=O) groups is 1. The number of carbonyl (C=O) groups excluding carboxylic acids is 1. The van der Waals surface area contributed by atoms with Crippen LogP contribution in [0.15, 0.2) is 72.0 Å². The van der Waals surface area contributed by atoms with Crippen molar-refractivity contribution < 1.29 is 9.18 Å². The van der Waals surface area contributed by atoms with Crippen LogP contribution < -0.4 is 10.6 Å². The van der Waals surface area contributed by atoms with Gasteiger partial charge in [-0.1, -0.05) is 29.8 Å². The Kier molecular flexibility index (Phi) is 6.34. The summed E-state index contributed by atoms with van der Waals surface area (Å²) in [7, 11) is 0. The first kappa shape index (κ1) is 19.5. The molecule has 7 heteroatoms. The summed E-state index contributed by atoms with van der Waals surface area (Å²) in [4.78, 5) is 21.1. The number of rotatable bonds is 4. The maximum Gasteiger partial charge on any atom is 0.258 e. The molecule has 0 fully saturated rings. The van der Waals surface area contributed by atoms with E-state index in [1.165, 1.54) is 18.2 Å². The van der Waals surface area contributed by atoms with Crippen molar-refractivity contribution in [2.24, 2.45) is 4.99 Å². The highest BCUT2D eigenvalue weighted by Crippen LogP contribution is 2.19. The zero-order valence-electron chi connectivity index (χ0n) is 15.1. The van der Waals surface area contributed by atoms with E-state index < -0.39 is 5.82 Å². The minimum Gasteiger partial charge on any atom is -0.326 e. The molecule has 3 aromatic rings. The third kappa shape index (κ3) is 5.14. The maximum atomic E-state index is 13.4. The summed E-state index contributed by atoms with van der Waals surface area (Å²) in [6.07, 6.45) is 3.34. The fraction of sp³-hybridized carbons (Fsp3) is 0.0952. The van der Waals surface area contributed by atoms with E-state index in [1.807, 2.05) is 31.2 Å². The first-order valence-electron chi connectivity index (χ1n) is 8.55. The second-order valence-corrected chi connectivity index (χ2v) is 6.45. The summed E-state index contributed by atoms with van der Waals surface area (Å²) in [5, 5.41) is 5.74. The van der Waals surface area contributed by atoms with Crippen LogP contribution in [0.2, 0.25) is 5.02 Å². The van der Waals surface area contributed by atoms with Crippen LogP contribution in [0.1, 0.15) is 21.5 Å². The number of hydrogen-bond donors (Lipinski definition) is 2. The third-order valence-electron chi connectivity index (χ3n) is 3.97. The van der Waals surface area contributed by atoms with Gasteiger partial charge in [0.05, 0.1) is 11.6 Å². The average Bonchev–Trinajstić information content (AvgIpc) is 2.70. The van der Waals surface area contributed by atoms with Gasteiger partial charge in [0.2, 0.25) is 5.96 Å². The first-order valence-corrected chi connectivity index (χ1v) is 8.93. The van der Waals surface area contributed by atoms with Crippen molar-refractivity contribution in [1.82, 2.24) is 10.3 Å². The van der Waals surface area contributed by atoms with E-state index in [-0.39, 0.29) is 16.9 Å². The predicted molar refractivity (Wildman–Crippen MR) is 109 cm³/mol. The molecule has 0 aliphatic heterocycles. The van der Waals surface area contributed by atoms with E-state index in [0.29, 0.717) is 17.8 Å². The van der Waals surface area contributed by atoms with Crippen molar-refractivity contribution in [1.29, 1.82) is 0 Å². The summed E-state index contributed by atoms with van der Waals surface area (Å²) >= 11 is 5.84. The molecule has 0 radical (unpaired) electrons. The minimum atomic E-state index is -0.522. The average molecular weight is 397 g/mol. The van der Waals surface area contributed by atoms with Gasteiger partial charge < -0.3 is 5.32 Å². The Morgan fingerprint density at radius 3 is 2.61 bits per heavy atom. The molecule has 3 rings (SSSR count). The lowest BCUT2D eigenvalue weighted by Crippen LogP contribution is -2.36. The number of pyridine rings is 1. The van der Waals surface area contributed by atoms with Crippen LogP contribution in [0.5, 0.6) is 0 Å². The lowest BCUT2D eigenvalue weighted by molar-refractivity contribution is 0.0976. The zero-order valence-corrected chi connectivity index (χ0v) is 15.9. The molecule has 0 unspecified atom stereocenters. The van der Waals surface area contributed by atoms with Gasteiger partial charge in [0.1, 0.15) is 5.82 Å². The second kappa shape index (κ2) is 9.10. The van der Waals surface area contributed by atoms with Gasteiger partial charge in [-0.3, -0.25) is 15.1 Å². The highest BCUT2D eigenvalue weighted by Gasteiger charge is 2.12. The molecule has 0 saturated heterocycles. The number of anilines is 1. The molecular weight excluding hydrogens is 379 g/mol. The van der Waals surface area contributed by atoms with Crippen LogP contribution in [0.25, 0.3) is 0 Å². The van der Waals surface area contributed by atoms with Crippen molar-refractivity contribution in [2.75, 3.05) is 5.32 Å². The number of aryl methyl sites for hydroxylation is 1. The third-order valence-corrected chi connectivity index (χ3v) is 4.26. The fourth-order valence-corrected chi connectivity index (χ4v) is 2.66. The number of amides is 1. The molecule has 28 heavy (non-hydrogen) atoms. The molecule has 2 aromatic carbocycles. The number of hydrogen-bond acceptors (Lipinski definition) is 3. The summed E-state index contributed by atoms with van der Waals surface area (Å²) < 4.78 is 13.4. The Hall–Kier alpha value is -3.25. The van der Waals surface area contributed by atoms with Crippen LogP contribution in [0, 0.1) is 12.7 Å². The molecule has 1 amide bonds. The van der Waals surface area contributed by atoms with Gasteiger partial charge in [0.15, 0.2) is 0 Å². The van der Waals surface area contributed by atoms with Crippen LogP contribution in [-0.4, -0.2) is 16.9 Å². The Morgan fingerprint density at radius 1 is 1.14 bits per heavy atom. The van der Waals surface area contributed by atoms with Crippen molar-refractivity contribution in [3.63, 3.8) is 0 Å². The minimum absolute atomic E-state index is 0.0243. The second-order valence-electron chi connectivity index (χ2n) is 6.04. The Labute approximate surface area is 167 Å². The van der Waals surface area contributed by atoms with Crippen molar-refractivity contribution in [3.05, 3.63) is 94.5 Å². The van der Waals surface area contributed by atoms with Gasteiger partial charge in [0, 0.05) is 23.6 Å². The zero-order chi connectivity index (χ0) is 19.9. The Bertz CT molecular complexity index is 1010. The smallest absolute Gasteiger partial charge is 0.258 e. The molecule has 0 spiro atoms. The van der Waals surface area contributed by atoms with E-state index in [9.17, 15) is 9.18 Å². The molecule has 1 aromatic heterocycles. The summed E-state index contributed by atoms with van der Waals surface area (Å²) in [5.41, 5.74) is 2.82. The molecule has 0 saturated carbocycles. The molecular formula is C21H18ClFN4O. The lowest BCUT2D eigenvalue weighted by atomic mass is 10.1. The van der Waals surface area contributed by atoms with Gasteiger partial charge in [-0.2, -0.15) is 0 Å². The van der Waals surface area contributed by atoms with E-state index in [4.69, 9.17) is 11.6 Å². The fourth-order valence-electron chi connectivity index (χ4n) is 2.48. The number of benzene rings is 2. The van der Waals surface area contributed by atoms with Crippen LogP contribution >= 0.6 is 11.6 Å². The number of halogens is 2. The maximum absolute atomic E-state index is 13.4. The number of nitrogens with one attached hydrogen (secondary N) is 2. The summed E-state index contributed by atoms with van der Waals surface area (Å²) in [6, 6.07) is 15.1. The highest BCUT2D eigenvalue weighted by atomic mass is 35.5. The summed E-state index contributed by atoms with van der Waals surface area (Å²) in [5.74, 6) is -0.591. The van der Waals surface area contributed by atoms with E-state index in [1.54, 1.807) is 24.5 Å². The molecule has 5 nitrogen and oxygen atoms in total. The van der Waals surface area contributed by atoms with Crippen LogP contribution in [-0.2, 0) is 6.54 Å². The van der Waals surface area contributed by atoms with E-state index >= 15 is 0 Å². The van der Waals surface area contributed by atoms with Gasteiger partial charge in [-0.05, 0) is 54.4 Å². The predicted octanol–water partition coefficient (Wildman–Crippen LogP) is 4.58. The highest BCUT2D eigenvalue weighted by molar-refractivity contribution is 6.31. The number of nitrogens with zero attached hydrogens (tertiary/aromatic N) is 2. The van der Waals surface area contributed by atoms with Crippen LogP contribution in [0.3, 0.4) is 0 Å². The van der Waals surface area contributed by atoms with Gasteiger partial charge in [-0.15, -0.1) is 0 Å². The van der Waals surface area contributed by atoms with Gasteiger partial charge in [-0.25, -0.2) is 9.38 Å². The monoisotopic (exact) mass is 396 g/mol. The topological polar surface area (TPSA) is 66.4 Å². The lowest BCUT2D eigenvalue weighted by Gasteiger charge is -2.13. The Balaban J connectivity index is 1.84. The quantitative estimate of drug-likeness (QED) is 0.501. The van der Waals surface area contributed by atoms with Crippen molar-refractivity contribution >= 4 is 29.2 Å². The molecule has 1 heterocycles. The number of guanidine groups is 1. The summed E-state index contributed by atoms with van der Waals surface area (Å²) in [6.45, 7) is 2.18. The van der Waals surface area contributed by atoms with Gasteiger partial charge >= 0.3 is 0 Å². The van der Waals surface area contributed by atoms with E-state index in [0.717, 1.165) is 11.1 Å². The molecule has 0 atom stereocenters. The molecule has 0 aliphatic rings. The molecule has 0 bridgehead atoms. The van der Waals surface area contributed by atoms with Crippen LogP contribution in [0.4, 0.5) is 10.1 Å². The van der Waals surface area contributed by atoms with Crippen molar-refractivity contribution in [2.45, 2.75) is 13.5 Å². The van der Waals surface area contributed by atoms with Gasteiger partial charge in [0.25, 0.3) is 5.91 Å². The number of aliphatic imine (C=N–C) groups is 1. The molecule has 142 valence electrons. The standard InChI is InChI=1S/C21H18ClFN4O/c1-14-4-2-3-5-17(14)20(28)27-21(25-13-15-8-10-24-11-9-15)26-16-6-7-19(23)18(22)12-16/h2-12H,13H2,1H3,(H2,25,26,27,28). The normalized spacial score (nSPS) is 11.2. The molecule has 0 aliphatic carbocycles. The number of aromatic nitrogens is 1. The first-order chi connectivity index (χ1) is 13.5. The molecule has 2 N–H and O–H groups in total. The largest absolute Gasteiger partial charge is 0.326 e. The Morgan fingerprint density at radius 2 is 1.89 bits per heavy atom.